The van der Waals surface area contributed by atoms with E-state index in [9.17, 15) is 20.1 Å². The summed E-state index contributed by atoms with van der Waals surface area (Å²) in [6, 6.07) is 14.1. The van der Waals surface area contributed by atoms with Crippen molar-refractivity contribution in [3.05, 3.63) is 65.7 Å². The molecule has 11 nitrogen and oxygen atoms in total. The number of hydrogen-bond donors (Lipinski definition) is 7. The molecule has 0 bridgehead atoms. The average Bonchev–Trinajstić information content (AvgIpc) is 3.41. The van der Waals surface area contributed by atoms with Crippen LogP contribution < -0.4 is 10.6 Å². The maximum Gasteiger partial charge on any atom is 0.244 e. The molecular weight excluding hydrogens is 468 g/mol. The maximum absolute atomic E-state index is 12.0. The molecule has 36 heavy (non-hydrogen) atoms. The first-order valence-corrected chi connectivity index (χ1v) is 11.6. The second-order valence-electron chi connectivity index (χ2n) is 8.53. The Kier molecular flexibility index (Phi) is 8.31. The number of aliphatic hydroxyl groups excluding tert-OH is 5. The minimum Gasteiger partial charge on any atom is -0.394 e. The van der Waals surface area contributed by atoms with Crippen LogP contribution in [0.1, 0.15) is 17.4 Å². The highest BCUT2D eigenvalue weighted by atomic mass is 16.6. The second-order valence-corrected chi connectivity index (χ2v) is 8.53. The number of imidazole rings is 1. The van der Waals surface area contributed by atoms with Crippen LogP contribution in [0, 0.1) is 0 Å². The molecule has 1 aliphatic rings. The highest BCUT2D eigenvalue weighted by Crippen LogP contribution is 2.35. The number of para-hydroxylation sites is 2. The lowest BCUT2D eigenvalue weighted by Gasteiger charge is -2.20. The van der Waals surface area contributed by atoms with Gasteiger partial charge in [-0.25, -0.2) is 4.98 Å². The first-order valence-electron chi connectivity index (χ1n) is 11.6. The number of anilines is 1. The zero-order chi connectivity index (χ0) is 25.7. The summed E-state index contributed by atoms with van der Waals surface area (Å²) in [6.45, 7) is -0.776. The number of amides is 1. The van der Waals surface area contributed by atoms with Crippen LogP contribution in [0.5, 0.6) is 0 Å². The quantitative estimate of drug-likeness (QED) is 0.186. The number of benzene rings is 2. The Morgan fingerprint density at radius 2 is 1.86 bits per heavy atom. The molecule has 1 aliphatic heterocycles. The normalized spacial score (nSPS) is 22.1. The molecule has 1 fully saturated rings. The van der Waals surface area contributed by atoms with Crippen molar-refractivity contribution < 1.29 is 35.1 Å². The van der Waals surface area contributed by atoms with Crippen LogP contribution in [-0.2, 0) is 16.1 Å². The van der Waals surface area contributed by atoms with Crippen LogP contribution >= 0.6 is 0 Å². The summed E-state index contributed by atoms with van der Waals surface area (Å²) >= 11 is 0. The van der Waals surface area contributed by atoms with E-state index in [0.717, 1.165) is 11.1 Å². The molecule has 0 radical (unpaired) electrons. The molecule has 1 amide bonds. The number of carbonyl (C=O) groups is 1. The fourth-order valence-electron chi connectivity index (χ4n) is 4.08. The van der Waals surface area contributed by atoms with Crippen molar-refractivity contribution in [1.29, 1.82) is 0 Å². The summed E-state index contributed by atoms with van der Waals surface area (Å²) in [5, 5.41) is 54.2. The van der Waals surface area contributed by atoms with Crippen LogP contribution in [-0.4, -0.2) is 85.2 Å². The van der Waals surface area contributed by atoms with Crippen LogP contribution in [0.2, 0.25) is 0 Å². The van der Waals surface area contributed by atoms with Gasteiger partial charge in [0.05, 0.1) is 36.9 Å². The van der Waals surface area contributed by atoms with Crippen molar-refractivity contribution in [2.75, 3.05) is 25.1 Å². The summed E-state index contributed by atoms with van der Waals surface area (Å²) < 4.78 is 7.42. The Morgan fingerprint density at radius 3 is 2.58 bits per heavy atom. The number of aliphatic hydroxyl groups is 5. The molecule has 0 spiro atoms. The largest absolute Gasteiger partial charge is 0.394 e. The van der Waals surface area contributed by atoms with E-state index in [4.69, 9.17) is 14.9 Å². The monoisotopic (exact) mass is 498 g/mol. The van der Waals surface area contributed by atoms with Gasteiger partial charge in [-0.2, -0.15) is 0 Å². The van der Waals surface area contributed by atoms with E-state index in [1.165, 1.54) is 6.08 Å². The maximum atomic E-state index is 12.0. The Bertz CT molecular complexity index is 1210. The Morgan fingerprint density at radius 1 is 1.08 bits per heavy atom. The van der Waals surface area contributed by atoms with Gasteiger partial charge < -0.3 is 40.9 Å². The third-order valence-corrected chi connectivity index (χ3v) is 5.98. The van der Waals surface area contributed by atoms with Crippen molar-refractivity contribution in [1.82, 2.24) is 14.9 Å². The SMILES string of the molecule is O=C(/C=C/c1cccc(CNc2nc3ccccc3n2[C@@H]2O[C@H](CO)[C@@H](O)[C@H]2O)c1)NC(CO)CO. The fraction of sp³-hybridized carbons (Fsp3) is 0.360. The van der Waals surface area contributed by atoms with Gasteiger partial charge >= 0.3 is 0 Å². The highest BCUT2D eigenvalue weighted by Gasteiger charge is 2.44. The smallest absolute Gasteiger partial charge is 0.244 e. The molecule has 0 aliphatic carbocycles. The topological polar surface area (TPSA) is 169 Å². The number of hydrogen-bond acceptors (Lipinski definition) is 9. The fourth-order valence-corrected chi connectivity index (χ4v) is 4.08. The van der Waals surface area contributed by atoms with Gasteiger partial charge in [0.1, 0.15) is 18.3 Å². The number of aromatic nitrogens is 2. The van der Waals surface area contributed by atoms with Crippen LogP contribution in [0.3, 0.4) is 0 Å². The van der Waals surface area contributed by atoms with Crippen molar-refractivity contribution >= 4 is 29.0 Å². The summed E-state index contributed by atoms with van der Waals surface area (Å²) in [7, 11) is 0. The first-order chi connectivity index (χ1) is 17.4. The highest BCUT2D eigenvalue weighted by molar-refractivity contribution is 5.92. The van der Waals surface area contributed by atoms with E-state index < -0.39 is 43.1 Å². The molecule has 4 rings (SSSR count). The van der Waals surface area contributed by atoms with Gasteiger partial charge in [-0.3, -0.25) is 9.36 Å². The van der Waals surface area contributed by atoms with Crippen LogP contribution in [0.15, 0.2) is 54.6 Å². The molecule has 0 unspecified atom stereocenters. The van der Waals surface area contributed by atoms with Gasteiger partial charge in [0, 0.05) is 12.6 Å². The molecule has 2 aromatic carbocycles. The van der Waals surface area contributed by atoms with Crippen LogP contribution in [0.25, 0.3) is 17.1 Å². The van der Waals surface area contributed by atoms with E-state index in [1.807, 2.05) is 48.5 Å². The van der Waals surface area contributed by atoms with E-state index in [2.05, 4.69) is 15.6 Å². The van der Waals surface area contributed by atoms with E-state index >= 15 is 0 Å². The molecule has 0 saturated carbocycles. The van der Waals surface area contributed by atoms with E-state index in [0.29, 0.717) is 23.5 Å². The minimum absolute atomic E-state index is 0.357. The molecule has 4 atom stereocenters. The number of ether oxygens (including phenoxy) is 1. The molecule has 11 heteroatoms. The lowest BCUT2D eigenvalue weighted by Crippen LogP contribution is -2.39. The van der Waals surface area contributed by atoms with Crippen molar-refractivity contribution in [2.24, 2.45) is 0 Å². The standard InChI is InChI=1S/C25H30N4O7/c30-12-17(13-31)27-21(33)9-8-15-4-3-5-16(10-15)11-26-25-28-18-6-1-2-7-19(18)29(25)24-23(35)22(34)20(14-32)36-24/h1-10,17,20,22-24,30-32,34-35H,11-14H2,(H,26,28)(H,27,33)/b9-8+/t20-,22-,23-,24-/m1/s1. The van der Waals surface area contributed by atoms with Gasteiger partial charge in [-0.05, 0) is 35.4 Å². The lowest BCUT2D eigenvalue weighted by atomic mass is 10.1. The Labute approximate surface area is 207 Å². The Balaban J connectivity index is 1.51. The van der Waals surface area contributed by atoms with Gasteiger partial charge in [0.2, 0.25) is 11.9 Å². The number of fused-ring (bicyclic) bond motifs is 1. The summed E-state index contributed by atoms with van der Waals surface area (Å²) in [4.78, 5) is 16.6. The molecule has 3 aromatic rings. The third kappa shape index (κ3) is 5.57. The summed E-state index contributed by atoms with van der Waals surface area (Å²) in [5.74, 6) is -0.00995. The predicted molar refractivity (Wildman–Crippen MR) is 132 cm³/mol. The van der Waals surface area contributed by atoms with Gasteiger partial charge in [-0.15, -0.1) is 0 Å². The van der Waals surface area contributed by atoms with Gasteiger partial charge in [0.15, 0.2) is 6.23 Å². The molecule has 7 N–H and O–H groups in total. The first kappa shape index (κ1) is 25.8. The van der Waals surface area contributed by atoms with Crippen molar-refractivity contribution in [3.63, 3.8) is 0 Å². The molecular formula is C25H30N4O7. The minimum atomic E-state index is -1.25. The molecule has 1 aromatic heterocycles. The van der Waals surface area contributed by atoms with E-state index in [1.54, 1.807) is 10.6 Å². The third-order valence-electron chi connectivity index (χ3n) is 5.98. The summed E-state index contributed by atoms with van der Waals surface area (Å²) in [5.41, 5.74) is 3.03. The number of carbonyl (C=O) groups excluding carboxylic acids is 1. The number of rotatable bonds is 10. The number of nitrogens with zero attached hydrogens (tertiary/aromatic N) is 2. The zero-order valence-corrected chi connectivity index (χ0v) is 19.4. The zero-order valence-electron chi connectivity index (χ0n) is 19.4. The predicted octanol–water partition coefficient (Wildman–Crippen LogP) is -0.258. The van der Waals surface area contributed by atoms with Crippen LogP contribution in [0.4, 0.5) is 5.95 Å². The van der Waals surface area contributed by atoms with Gasteiger partial charge in [0.25, 0.3) is 0 Å². The number of nitrogens with one attached hydrogen (secondary N) is 2. The molecule has 1 saturated heterocycles. The average molecular weight is 499 g/mol. The Hall–Kier alpha value is -3.32. The second kappa shape index (κ2) is 11.6. The molecule has 2 heterocycles. The summed E-state index contributed by atoms with van der Waals surface area (Å²) in [6.07, 6.45) is -1.40. The molecule has 192 valence electrons. The lowest BCUT2D eigenvalue weighted by molar-refractivity contribution is -0.117. The van der Waals surface area contributed by atoms with E-state index in [-0.39, 0.29) is 13.2 Å². The van der Waals surface area contributed by atoms with Crippen molar-refractivity contribution in [3.8, 4) is 0 Å². The van der Waals surface area contributed by atoms with Gasteiger partial charge in [-0.1, -0.05) is 30.3 Å². The van der Waals surface area contributed by atoms with Crippen molar-refractivity contribution in [2.45, 2.75) is 37.1 Å².